The molecule has 4 nitrogen and oxygen atoms in total. The first-order valence-corrected chi connectivity index (χ1v) is 11.4. The molecule has 2 N–H and O–H groups in total. The van der Waals surface area contributed by atoms with Crippen LogP contribution in [0.5, 0.6) is 0 Å². The Morgan fingerprint density at radius 2 is 1.76 bits per heavy atom. The summed E-state index contributed by atoms with van der Waals surface area (Å²) in [5.74, 6) is -0.203. The molecule has 0 atom stereocenters. The molecule has 0 unspecified atom stereocenters. The predicted octanol–water partition coefficient (Wildman–Crippen LogP) is 7.66. The Balaban J connectivity index is 1.79. The lowest BCUT2D eigenvalue weighted by Crippen LogP contribution is -2.03. The van der Waals surface area contributed by atoms with Crippen LogP contribution in [-0.2, 0) is 0 Å². The monoisotopic (exact) mass is 513 g/mol. The minimum absolute atomic E-state index is 0.203. The topological polar surface area (TPSA) is 72.4 Å². The number of nitriles is 1. The average molecular weight is 515 g/mol. The van der Waals surface area contributed by atoms with Gasteiger partial charge in [-0.3, -0.25) is 4.79 Å². The SMILES string of the molecule is Cc1ccc(-c2c(C(=O)c3ccc(Cl)cc3)[nH]c(-c3c[nH]c4ccc(Br)cc34)c2C#N)cc1. The Morgan fingerprint density at radius 1 is 1.03 bits per heavy atom. The van der Waals surface area contributed by atoms with Gasteiger partial charge >= 0.3 is 0 Å². The lowest BCUT2D eigenvalue weighted by molar-refractivity contribution is 0.103. The summed E-state index contributed by atoms with van der Waals surface area (Å²) in [5, 5.41) is 11.7. The lowest BCUT2D eigenvalue weighted by Gasteiger charge is -2.06. The molecular weight excluding hydrogens is 498 g/mol. The molecule has 0 fully saturated rings. The van der Waals surface area contributed by atoms with E-state index in [9.17, 15) is 10.1 Å². The van der Waals surface area contributed by atoms with Crippen molar-refractivity contribution in [3.8, 4) is 28.5 Å². The standard InChI is InChI=1S/C27H17BrClN3O/c1-15-2-4-16(5-3-15)24-21(13-30)25(22-14-31-23-11-8-18(28)12-20(22)23)32-26(24)27(33)17-6-9-19(29)10-7-17/h2-12,14,31-32H,1H3. The molecular formula is C27H17BrClN3O. The van der Waals surface area contributed by atoms with Crippen molar-refractivity contribution in [3.63, 3.8) is 0 Å². The van der Waals surface area contributed by atoms with Crippen molar-refractivity contribution in [1.29, 1.82) is 5.26 Å². The summed E-state index contributed by atoms with van der Waals surface area (Å²) in [4.78, 5) is 20.1. The molecule has 0 aliphatic carbocycles. The van der Waals surface area contributed by atoms with E-state index in [-0.39, 0.29) is 5.78 Å². The van der Waals surface area contributed by atoms with Crippen LogP contribution in [0.4, 0.5) is 0 Å². The molecule has 0 bridgehead atoms. The second-order valence-electron chi connectivity index (χ2n) is 7.83. The van der Waals surface area contributed by atoms with Gasteiger partial charge in [0.2, 0.25) is 5.78 Å². The molecule has 0 aliphatic rings. The van der Waals surface area contributed by atoms with Gasteiger partial charge in [-0.05, 0) is 55.0 Å². The number of hydrogen-bond acceptors (Lipinski definition) is 2. The number of aromatic amines is 2. The Bertz CT molecular complexity index is 1550. The zero-order valence-corrected chi connectivity index (χ0v) is 19.9. The number of H-pyrrole nitrogens is 2. The Kier molecular flexibility index (Phi) is 5.41. The molecule has 0 spiro atoms. The summed E-state index contributed by atoms with van der Waals surface area (Å²) >= 11 is 9.55. The minimum atomic E-state index is -0.203. The molecule has 6 heteroatoms. The van der Waals surface area contributed by atoms with Crippen LogP contribution in [0.25, 0.3) is 33.3 Å². The Hall–Kier alpha value is -3.59. The average Bonchev–Trinajstić information content (AvgIpc) is 3.40. The quantitative estimate of drug-likeness (QED) is 0.242. The number of rotatable bonds is 4. The van der Waals surface area contributed by atoms with Crippen LogP contribution in [0.1, 0.15) is 27.2 Å². The van der Waals surface area contributed by atoms with Crippen LogP contribution in [-0.4, -0.2) is 15.8 Å². The van der Waals surface area contributed by atoms with E-state index in [2.05, 4.69) is 32.0 Å². The van der Waals surface area contributed by atoms with E-state index in [4.69, 9.17) is 11.6 Å². The maximum atomic E-state index is 13.6. The van der Waals surface area contributed by atoms with Gasteiger partial charge in [0.1, 0.15) is 6.07 Å². The normalized spacial score (nSPS) is 11.0. The summed E-state index contributed by atoms with van der Waals surface area (Å²) in [7, 11) is 0. The second-order valence-corrected chi connectivity index (χ2v) is 9.18. The van der Waals surface area contributed by atoms with Crippen LogP contribution in [0, 0.1) is 18.3 Å². The maximum absolute atomic E-state index is 13.6. The first-order chi connectivity index (χ1) is 16.0. The van der Waals surface area contributed by atoms with Gasteiger partial charge in [-0.25, -0.2) is 0 Å². The summed E-state index contributed by atoms with van der Waals surface area (Å²) in [6, 6.07) is 22.9. The highest BCUT2D eigenvalue weighted by molar-refractivity contribution is 9.10. The number of fused-ring (bicyclic) bond motifs is 1. The number of nitrogens with one attached hydrogen (secondary N) is 2. The number of aromatic nitrogens is 2. The zero-order chi connectivity index (χ0) is 23.1. The van der Waals surface area contributed by atoms with E-state index < -0.39 is 0 Å². The van der Waals surface area contributed by atoms with E-state index >= 15 is 0 Å². The molecule has 0 saturated heterocycles. The van der Waals surface area contributed by atoms with Crippen molar-refractivity contribution >= 4 is 44.2 Å². The first-order valence-electron chi connectivity index (χ1n) is 10.3. The van der Waals surface area contributed by atoms with E-state index in [1.165, 1.54) is 0 Å². The number of carbonyl (C=O) groups is 1. The predicted molar refractivity (Wildman–Crippen MR) is 136 cm³/mol. The summed E-state index contributed by atoms with van der Waals surface area (Å²) < 4.78 is 0.928. The van der Waals surface area contributed by atoms with Crippen LogP contribution < -0.4 is 0 Å². The van der Waals surface area contributed by atoms with Crippen molar-refractivity contribution in [3.05, 3.63) is 105 Å². The molecule has 33 heavy (non-hydrogen) atoms. The number of aryl methyl sites for hydroxylation is 1. The van der Waals surface area contributed by atoms with Gasteiger partial charge in [0.15, 0.2) is 0 Å². The molecule has 0 radical (unpaired) electrons. The number of carbonyl (C=O) groups excluding carboxylic acids is 1. The largest absolute Gasteiger partial charge is 0.360 e. The van der Waals surface area contributed by atoms with Crippen molar-refractivity contribution in [2.45, 2.75) is 6.92 Å². The van der Waals surface area contributed by atoms with Crippen LogP contribution in [0.2, 0.25) is 5.02 Å². The number of halogens is 2. The third-order valence-corrected chi connectivity index (χ3v) is 6.44. The maximum Gasteiger partial charge on any atom is 0.209 e. The molecule has 5 aromatic rings. The van der Waals surface area contributed by atoms with Gasteiger partial charge in [-0.15, -0.1) is 0 Å². The fourth-order valence-electron chi connectivity index (χ4n) is 4.04. The van der Waals surface area contributed by atoms with Gasteiger partial charge < -0.3 is 9.97 Å². The molecule has 160 valence electrons. The lowest BCUT2D eigenvalue weighted by atomic mass is 9.95. The van der Waals surface area contributed by atoms with Gasteiger partial charge in [0.25, 0.3) is 0 Å². The zero-order valence-electron chi connectivity index (χ0n) is 17.5. The molecule has 2 heterocycles. The number of nitrogens with zero attached hydrogens (tertiary/aromatic N) is 1. The van der Waals surface area contributed by atoms with Gasteiger partial charge in [0.05, 0.1) is 17.0 Å². The summed E-state index contributed by atoms with van der Waals surface area (Å²) in [6.07, 6.45) is 1.86. The Labute approximate surface area is 204 Å². The van der Waals surface area contributed by atoms with Crippen molar-refractivity contribution < 1.29 is 4.79 Å². The van der Waals surface area contributed by atoms with Crippen LogP contribution >= 0.6 is 27.5 Å². The smallest absolute Gasteiger partial charge is 0.209 e. The Morgan fingerprint density at radius 3 is 2.45 bits per heavy atom. The fourth-order valence-corrected chi connectivity index (χ4v) is 4.53. The van der Waals surface area contributed by atoms with Crippen LogP contribution in [0.3, 0.4) is 0 Å². The third kappa shape index (κ3) is 3.78. The highest BCUT2D eigenvalue weighted by Gasteiger charge is 2.26. The highest BCUT2D eigenvalue weighted by atomic mass is 79.9. The molecule has 2 aromatic heterocycles. The summed E-state index contributed by atoms with van der Waals surface area (Å²) in [6.45, 7) is 2.00. The molecule has 0 aliphatic heterocycles. The fraction of sp³-hybridized carbons (Fsp3) is 0.0370. The summed E-state index contributed by atoms with van der Waals surface area (Å²) in [5.41, 5.74) is 6.16. The van der Waals surface area contributed by atoms with Crippen molar-refractivity contribution in [2.75, 3.05) is 0 Å². The first kappa shape index (κ1) is 21.3. The van der Waals surface area contributed by atoms with Crippen molar-refractivity contribution in [1.82, 2.24) is 9.97 Å². The van der Waals surface area contributed by atoms with Gasteiger partial charge in [-0.1, -0.05) is 57.4 Å². The number of hydrogen-bond donors (Lipinski definition) is 2. The highest BCUT2D eigenvalue weighted by Crippen LogP contribution is 2.39. The van der Waals surface area contributed by atoms with Crippen molar-refractivity contribution in [2.24, 2.45) is 0 Å². The van der Waals surface area contributed by atoms with Gasteiger partial charge in [0, 0.05) is 43.3 Å². The van der Waals surface area contributed by atoms with E-state index in [0.717, 1.165) is 32.1 Å². The van der Waals surface area contributed by atoms with E-state index in [0.29, 0.717) is 33.1 Å². The van der Waals surface area contributed by atoms with E-state index in [1.807, 2.05) is 55.6 Å². The molecule has 0 saturated carbocycles. The van der Waals surface area contributed by atoms with Gasteiger partial charge in [-0.2, -0.15) is 5.26 Å². The van der Waals surface area contributed by atoms with E-state index in [1.54, 1.807) is 24.3 Å². The number of benzene rings is 3. The second kappa shape index (κ2) is 8.40. The molecule has 0 amide bonds. The molecule has 3 aromatic carbocycles. The molecule has 5 rings (SSSR count). The third-order valence-electron chi connectivity index (χ3n) is 5.70. The minimum Gasteiger partial charge on any atom is -0.360 e. The van der Waals surface area contributed by atoms with Crippen LogP contribution in [0.15, 0.2) is 77.4 Å². The number of ketones is 1.